The minimum Gasteiger partial charge on any atom is -0.362 e. The monoisotopic (exact) mass is 247 g/mol. The number of nitrogens with zero attached hydrogens (tertiary/aromatic N) is 2. The highest BCUT2D eigenvalue weighted by atomic mass is 32.2. The third-order valence-electron chi connectivity index (χ3n) is 2.32. The minimum atomic E-state index is 0.101. The molecule has 2 aromatic rings. The lowest BCUT2D eigenvalue weighted by Gasteiger charge is -1.99. The second kappa shape index (κ2) is 5.14. The number of ketones is 1. The molecule has 1 N–H and O–H groups in total. The molecular formula is C12H13N3OS. The van der Waals surface area contributed by atoms with E-state index < -0.39 is 0 Å². The number of aromatic nitrogens is 3. The topological polar surface area (TPSA) is 58.6 Å². The molecule has 0 saturated heterocycles. The maximum Gasteiger partial charge on any atom is 0.187 e. The zero-order chi connectivity index (χ0) is 12.3. The molecule has 17 heavy (non-hydrogen) atoms. The molecule has 0 fully saturated rings. The van der Waals surface area contributed by atoms with Gasteiger partial charge in [0.25, 0.3) is 0 Å². The zero-order valence-corrected chi connectivity index (χ0v) is 10.5. The predicted octanol–water partition coefficient (Wildman–Crippen LogP) is 2.40. The lowest BCUT2D eigenvalue weighted by Crippen LogP contribution is -2.03. The Morgan fingerprint density at radius 3 is 2.65 bits per heavy atom. The van der Waals surface area contributed by atoms with Gasteiger partial charge in [0.05, 0.1) is 5.75 Å². The summed E-state index contributed by atoms with van der Waals surface area (Å²) in [7, 11) is 0. The maximum atomic E-state index is 12.0. The zero-order valence-electron chi connectivity index (χ0n) is 9.73. The Hall–Kier alpha value is -1.62. The second-order valence-corrected chi connectivity index (χ2v) is 4.68. The van der Waals surface area contributed by atoms with Crippen LogP contribution >= 0.6 is 11.8 Å². The van der Waals surface area contributed by atoms with Crippen molar-refractivity contribution in [3.8, 4) is 0 Å². The number of carbonyl (C=O) groups is 1. The molecule has 0 radical (unpaired) electrons. The van der Waals surface area contributed by atoms with E-state index in [2.05, 4.69) is 15.0 Å². The largest absolute Gasteiger partial charge is 0.362 e. The van der Waals surface area contributed by atoms with Gasteiger partial charge in [0.1, 0.15) is 0 Å². The quantitative estimate of drug-likeness (QED) is 0.512. The Bertz CT molecular complexity index is 522. The van der Waals surface area contributed by atoms with Crippen LogP contribution < -0.4 is 0 Å². The number of rotatable bonds is 4. The first-order chi connectivity index (χ1) is 8.16. The van der Waals surface area contributed by atoms with Crippen molar-refractivity contribution in [2.24, 2.45) is 0 Å². The maximum absolute atomic E-state index is 12.0. The van der Waals surface area contributed by atoms with E-state index in [-0.39, 0.29) is 5.78 Å². The average molecular weight is 247 g/mol. The molecule has 0 aliphatic rings. The molecule has 5 heteroatoms. The van der Waals surface area contributed by atoms with Crippen molar-refractivity contribution in [1.82, 2.24) is 15.0 Å². The summed E-state index contributed by atoms with van der Waals surface area (Å²) in [6.45, 7) is 3.85. The smallest absolute Gasteiger partial charge is 0.187 e. The molecule has 0 unspecified atom stereocenters. The van der Waals surface area contributed by atoms with E-state index in [1.807, 2.05) is 19.9 Å². The average Bonchev–Trinajstić information content (AvgIpc) is 2.67. The number of H-pyrrole nitrogens is 1. The minimum absolute atomic E-state index is 0.101. The summed E-state index contributed by atoms with van der Waals surface area (Å²) in [5, 5.41) is 0.630. The summed E-state index contributed by atoms with van der Waals surface area (Å²) in [4.78, 5) is 23.2. The summed E-state index contributed by atoms with van der Waals surface area (Å²) < 4.78 is 0. The van der Waals surface area contributed by atoms with Gasteiger partial charge in [-0.1, -0.05) is 11.8 Å². The van der Waals surface area contributed by atoms with Crippen molar-refractivity contribution < 1.29 is 4.79 Å². The van der Waals surface area contributed by atoms with Crippen LogP contribution in [0.25, 0.3) is 0 Å². The molecule has 0 bridgehead atoms. The lowest BCUT2D eigenvalue weighted by molar-refractivity contribution is 0.102. The molecule has 4 nitrogen and oxygen atoms in total. The van der Waals surface area contributed by atoms with Crippen LogP contribution in [-0.2, 0) is 0 Å². The van der Waals surface area contributed by atoms with Crippen molar-refractivity contribution in [1.29, 1.82) is 0 Å². The molecule has 0 aromatic carbocycles. The molecule has 0 aliphatic heterocycles. The number of carbonyl (C=O) groups excluding carboxylic acids is 1. The van der Waals surface area contributed by atoms with Crippen LogP contribution in [0.15, 0.2) is 29.7 Å². The number of nitrogens with one attached hydrogen (secondary N) is 1. The summed E-state index contributed by atoms with van der Waals surface area (Å²) in [6, 6.07) is 3.63. The molecule has 0 spiro atoms. The highest BCUT2D eigenvalue weighted by Gasteiger charge is 2.12. The number of thioether (sulfide) groups is 1. The fourth-order valence-corrected chi connectivity index (χ4v) is 2.27. The van der Waals surface area contributed by atoms with Gasteiger partial charge < -0.3 is 4.98 Å². The highest BCUT2D eigenvalue weighted by Crippen LogP contribution is 2.16. The molecule has 0 aliphatic carbocycles. The van der Waals surface area contributed by atoms with Crippen LogP contribution in [0.5, 0.6) is 0 Å². The third-order valence-corrected chi connectivity index (χ3v) is 3.20. The van der Waals surface area contributed by atoms with Gasteiger partial charge in [-0.25, -0.2) is 9.97 Å². The number of aromatic amines is 1. The van der Waals surface area contributed by atoms with Gasteiger partial charge in [0, 0.05) is 29.3 Å². The van der Waals surface area contributed by atoms with Crippen molar-refractivity contribution in [2.45, 2.75) is 19.0 Å². The first-order valence-electron chi connectivity index (χ1n) is 5.26. The Morgan fingerprint density at radius 2 is 2.06 bits per heavy atom. The Labute approximate surface area is 104 Å². The van der Waals surface area contributed by atoms with Gasteiger partial charge in [-0.2, -0.15) is 0 Å². The van der Waals surface area contributed by atoms with Gasteiger partial charge >= 0.3 is 0 Å². The standard InChI is InChI=1S/C12H13N3OS/c1-8-6-10(9(2)15-8)11(16)7-17-12-13-4-3-5-14-12/h3-6,15H,7H2,1-2H3. The van der Waals surface area contributed by atoms with Gasteiger partial charge in [0.15, 0.2) is 10.9 Å². The first-order valence-corrected chi connectivity index (χ1v) is 6.24. The Balaban J connectivity index is 2.01. The van der Waals surface area contributed by atoms with Gasteiger partial charge in [0.2, 0.25) is 0 Å². The highest BCUT2D eigenvalue weighted by molar-refractivity contribution is 7.99. The summed E-state index contributed by atoms with van der Waals surface area (Å²) in [5.74, 6) is 0.464. The molecule has 0 saturated carbocycles. The fourth-order valence-electron chi connectivity index (χ4n) is 1.58. The van der Waals surface area contributed by atoms with Crippen molar-refractivity contribution in [3.05, 3.63) is 41.5 Å². The molecule has 2 rings (SSSR count). The first kappa shape index (κ1) is 11.9. The van der Waals surface area contributed by atoms with Gasteiger partial charge in [-0.05, 0) is 26.0 Å². The van der Waals surface area contributed by atoms with E-state index in [1.54, 1.807) is 18.5 Å². The summed E-state index contributed by atoms with van der Waals surface area (Å²) in [5.41, 5.74) is 2.68. The van der Waals surface area contributed by atoms with E-state index in [0.29, 0.717) is 10.9 Å². The van der Waals surface area contributed by atoms with Crippen LogP contribution in [0.2, 0.25) is 0 Å². The number of hydrogen-bond acceptors (Lipinski definition) is 4. The van der Waals surface area contributed by atoms with Crippen LogP contribution in [-0.4, -0.2) is 26.5 Å². The normalized spacial score (nSPS) is 10.5. The number of aryl methyl sites for hydroxylation is 2. The summed E-state index contributed by atoms with van der Waals surface area (Å²) in [6.07, 6.45) is 3.34. The summed E-state index contributed by atoms with van der Waals surface area (Å²) >= 11 is 1.36. The van der Waals surface area contributed by atoms with Crippen molar-refractivity contribution in [2.75, 3.05) is 5.75 Å². The molecule has 2 heterocycles. The van der Waals surface area contributed by atoms with Gasteiger partial charge in [-0.15, -0.1) is 0 Å². The predicted molar refractivity (Wildman–Crippen MR) is 67.4 cm³/mol. The molecular weight excluding hydrogens is 234 g/mol. The van der Waals surface area contributed by atoms with Crippen LogP contribution in [0, 0.1) is 13.8 Å². The van der Waals surface area contributed by atoms with E-state index >= 15 is 0 Å². The van der Waals surface area contributed by atoms with E-state index in [9.17, 15) is 4.79 Å². The fraction of sp³-hybridized carbons (Fsp3) is 0.250. The molecule has 0 atom stereocenters. The SMILES string of the molecule is Cc1cc(C(=O)CSc2ncccn2)c(C)[nH]1. The van der Waals surface area contributed by atoms with Crippen molar-refractivity contribution >= 4 is 17.5 Å². The number of hydrogen-bond donors (Lipinski definition) is 1. The Morgan fingerprint density at radius 1 is 1.35 bits per heavy atom. The van der Waals surface area contributed by atoms with Gasteiger partial charge in [-0.3, -0.25) is 4.79 Å². The second-order valence-electron chi connectivity index (χ2n) is 3.73. The van der Waals surface area contributed by atoms with Crippen LogP contribution in [0.1, 0.15) is 21.7 Å². The van der Waals surface area contributed by atoms with E-state index in [4.69, 9.17) is 0 Å². The molecule has 2 aromatic heterocycles. The van der Waals surface area contributed by atoms with E-state index in [1.165, 1.54) is 11.8 Å². The van der Waals surface area contributed by atoms with Crippen LogP contribution in [0.3, 0.4) is 0 Å². The van der Waals surface area contributed by atoms with E-state index in [0.717, 1.165) is 17.0 Å². The van der Waals surface area contributed by atoms with Crippen molar-refractivity contribution in [3.63, 3.8) is 0 Å². The Kier molecular flexibility index (Phi) is 3.58. The molecule has 0 amide bonds. The third kappa shape index (κ3) is 2.94. The lowest BCUT2D eigenvalue weighted by atomic mass is 10.2. The van der Waals surface area contributed by atoms with Crippen LogP contribution in [0.4, 0.5) is 0 Å². The number of Topliss-reactive ketones (excluding diaryl/α,β-unsaturated/α-hetero) is 1. The molecule has 88 valence electrons.